The Labute approximate surface area is 459 Å². The highest BCUT2D eigenvalue weighted by Gasteiger charge is 2.38. The van der Waals surface area contributed by atoms with E-state index in [9.17, 15) is 63.3 Å². The predicted octanol–water partition coefficient (Wildman–Crippen LogP) is -0.382. The minimum atomic E-state index is -1.93. The van der Waals surface area contributed by atoms with Crippen LogP contribution >= 0.6 is 11.8 Å². The number of methoxy groups -OCH3 is 1. The molecule has 1 aromatic carbocycles. The van der Waals surface area contributed by atoms with Gasteiger partial charge in [-0.3, -0.25) is 43.3 Å². The predicted molar refractivity (Wildman–Crippen MR) is 292 cm³/mol. The van der Waals surface area contributed by atoms with Crippen molar-refractivity contribution < 1.29 is 68.0 Å². The summed E-state index contributed by atoms with van der Waals surface area (Å²) in [6.45, 7) is 11.1. The van der Waals surface area contributed by atoms with Gasteiger partial charge in [0.05, 0.1) is 24.0 Å². The van der Waals surface area contributed by atoms with Crippen LogP contribution < -0.4 is 49.1 Å². The highest BCUT2D eigenvalue weighted by atomic mass is 32.2. The number of amides is 7. The minimum absolute atomic E-state index is 0.00362. The monoisotopic (exact) mass is 1120 g/mol. The van der Waals surface area contributed by atoms with E-state index in [0.29, 0.717) is 12.0 Å². The highest BCUT2D eigenvalue weighted by molar-refractivity contribution is 7.99. The van der Waals surface area contributed by atoms with Crippen LogP contribution in [0.15, 0.2) is 59.1 Å². The summed E-state index contributed by atoms with van der Waals surface area (Å²) in [6, 6.07) is -2.12. The van der Waals surface area contributed by atoms with Crippen LogP contribution in [0.25, 0.3) is 0 Å². The van der Waals surface area contributed by atoms with Crippen LogP contribution in [0.4, 0.5) is 0 Å². The van der Waals surface area contributed by atoms with Crippen molar-refractivity contribution in [1.82, 2.24) is 36.8 Å². The Hall–Kier alpha value is -7.06. The number of benzene rings is 1. The van der Waals surface area contributed by atoms with Crippen LogP contribution in [0.1, 0.15) is 86.1 Å². The third-order valence-electron chi connectivity index (χ3n) is 13.0. The summed E-state index contributed by atoms with van der Waals surface area (Å²) in [5, 5.41) is 45.2. The summed E-state index contributed by atoms with van der Waals surface area (Å²) in [4.78, 5) is 140. The second-order valence-corrected chi connectivity index (χ2v) is 21.0. The largest absolute Gasteiger partial charge is 0.480 e. The number of thioether (sulfide) groups is 1. The molecule has 1 aliphatic heterocycles. The molecule has 1 fully saturated rings. The summed E-state index contributed by atoms with van der Waals surface area (Å²) in [5.41, 5.74) is 18.5. The van der Waals surface area contributed by atoms with Crippen LogP contribution in [0.5, 0.6) is 0 Å². The fraction of sp³-hybridized carbons (Fsp3) is 0.596. The molecular formula is C52H81N11O14S. The lowest BCUT2D eigenvalue weighted by molar-refractivity contribution is -0.146. The Kier molecular flexibility index (Phi) is 28.6. The molecule has 0 spiro atoms. The molecule has 78 heavy (non-hydrogen) atoms. The van der Waals surface area contributed by atoms with Crippen molar-refractivity contribution in [3.63, 3.8) is 0 Å². The summed E-state index contributed by atoms with van der Waals surface area (Å²) in [6.07, 6.45) is 4.34. The van der Waals surface area contributed by atoms with Gasteiger partial charge >= 0.3 is 17.9 Å². The molecule has 0 aliphatic carbocycles. The molecule has 7 amide bonds. The minimum Gasteiger partial charge on any atom is -0.480 e. The summed E-state index contributed by atoms with van der Waals surface area (Å²) in [5.74, 6) is -14.7. The van der Waals surface area contributed by atoms with Crippen LogP contribution in [-0.4, -0.2) is 172 Å². The lowest BCUT2D eigenvalue weighted by atomic mass is 9.94. The zero-order chi connectivity index (χ0) is 59.0. The molecule has 0 unspecified atom stereocenters. The Balaban J connectivity index is 2.80. The zero-order valence-electron chi connectivity index (χ0n) is 45.9. The van der Waals surface area contributed by atoms with Gasteiger partial charge in [0.2, 0.25) is 41.4 Å². The smallest absolute Gasteiger partial charge is 0.327 e. The standard InChI is InChI=1S/C52H81N11O14S/c1-27(2)22-38-47(69)62-42(51(75)76)31(6)44(66)59-36(16-13-21-56-52(54)55)46(68)58-35(18-17-28(3)23-29(4)40(77-9)24-33-14-11-10-12-15-33)30(5)43(65)60-37(50(73)74)19-20-41(64)63(8)39(26-78-25-34(53)49(71)72)48(70)57-32(7)45(67)61-38/h10-12,14-15,17-18,23,27,29-32,34-40,42H,13,16,19-22,24-26,53H2,1-9H3,(H,57,70)(H,58,68)(H,59,66)(H,60,65)(H,61,67)(H,62,69)(H,71,72)(H,73,74)(H,75,76)(H4,54,55,56)/b18-17+,28-23+/t29-,30-,31-,32+,34-,35-,36-,37+,38-,39-,40-,42+/m0/s1. The van der Waals surface area contributed by atoms with Gasteiger partial charge in [0.1, 0.15) is 42.3 Å². The summed E-state index contributed by atoms with van der Waals surface area (Å²) >= 11 is 0.909. The molecule has 1 aliphatic rings. The topological polar surface area (TPSA) is 406 Å². The number of guanidine groups is 1. The zero-order valence-corrected chi connectivity index (χ0v) is 46.7. The normalized spacial score (nSPS) is 25.4. The number of carbonyl (C=O) groups excluding carboxylic acids is 7. The first-order chi connectivity index (χ1) is 36.6. The average molecular weight is 1120 g/mol. The molecule has 0 aromatic heterocycles. The third kappa shape index (κ3) is 22.9. The van der Waals surface area contributed by atoms with E-state index in [0.717, 1.165) is 22.2 Å². The van der Waals surface area contributed by atoms with Gasteiger partial charge in [0.15, 0.2) is 5.96 Å². The second-order valence-electron chi connectivity index (χ2n) is 19.9. The quantitative estimate of drug-likeness (QED) is 0.0343. The van der Waals surface area contributed by atoms with E-state index in [1.54, 1.807) is 34.0 Å². The number of carboxylic acid groups (broad SMARTS) is 3. The molecule has 1 saturated heterocycles. The molecule has 1 heterocycles. The van der Waals surface area contributed by atoms with Crippen LogP contribution in [0, 0.1) is 23.7 Å². The van der Waals surface area contributed by atoms with Gasteiger partial charge in [-0.15, -0.1) is 0 Å². The summed E-state index contributed by atoms with van der Waals surface area (Å²) in [7, 11) is 2.84. The maximum Gasteiger partial charge on any atom is 0.327 e. The molecule has 15 N–H and O–H groups in total. The van der Waals surface area contributed by atoms with E-state index in [4.69, 9.17) is 21.9 Å². The van der Waals surface area contributed by atoms with Gasteiger partial charge in [-0.05, 0) is 57.4 Å². The van der Waals surface area contributed by atoms with Crippen molar-refractivity contribution in [3.05, 3.63) is 59.7 Å². The molecule has 0 radical (unpaired) electrons. The lowest BCUT2D eigenvalue weighted by Crippen LogP contribution is -2.59. The Morgan fingerprint density at radius 2 is 1.44 bits per heavy atom. The van der Waals surface area contributed by atoms with E-state index in [2.05, 4.69) is 36.9 Å². The van der Waals surface area contributed by atoms with Crippen LogP contribution in [-0.2, 0) is 59.1 Å². The molecule has 0 saturated carbocycles. The number of allylic oxidation sites excluding steroid dienone is 2. The molecule has 26 heteroatoms. The number of hydrogen-bond acceptors (Lipinski definition) is 14. The van der Waals surface area contributed by atoms with Gasteiger partial charge in [0.25, 0.3) is 0 Å². The lowest BCUT2D eigenvalue weighted by Gasteiger charge is -2.30. The van der Waals surface area contributed by atoms with Crippen molar-refractivity contribution in [1.29, 1.82) is 0 Å². The van der Waals surface area contributed by atoms with Gasteiger partial charge < -0.3 is 74.1 Å². The molecule has 434 valence electrons. The fourth-order valence-electron chi connectivity index (χ4n) is 8.11. The van der Waals surface area contributed by atoms with Crippen molar-refractivity contribution in [2.45, 2.75) is 141 Å². The number of aliphatic imine (C=N–C) groups is 1. The van der Waals surface area contributed by atoms with E-state index in [-0.39, 0.29) is 61.2 Å². The van der Waals surface area contributed by atoms with Crippen LogP contribution in [0.2, 0.25) is 0 Å². The molecular weight excluding hydrogens is 1030 g/mol. The van der Waals surface area contributed by atoms with Gasteiger partial charge in [-0.25, -0.2) is 9.59 Å². The van der Waals surface area contributed by atoms with Crippen molar-refractivity contribution in [3.8, 4) is 0 Å². The first-order valence-electron chi connectivity index (χ1n) is 25.7. The maximum atomic E-state index is 14.5. The highest BCUT2D eigenvalue weighted by Crippen LogP contribution is 2.19. The second kappa shape index (κ2) is 33.3. The number of likely N-dealkylation sites (N-methyl/N-ethyl adjacent to an activating group) is 1. The Bertz CT molecular complexity index is 2330. The van der Waals surface area contributed by atoms with Gasteiger partial charge in [-0.2, -0.15) is 11.8 Å². The van der Waals surface area contributed by atoms with E-state index < -0.39 is 132 Å². The third-order valence-corrected chi connectivity index (χ3v) is 14.1. The average Bonchev–Trinajstić information content (AvgIpc) is 3.37. The van der Waals surface area contributed by atoms with E-state index >= 15 is 0 Å². The number of carbonyl (C=O) groups is 10. The van der Waals surface area contributed by atoms with E-state index in [1.807, 2.05) is 43.3 Å². The number of nitrogens with zero attached hydrogens (tertiary/aromatic N) is 2. The first kappa shape index (κ1) is 67.1. The number of nitrogens with two attached hydrogens (primary N) is 3. The van der Waals surface area contributed by atoms with Gasteiger partial charge in [0, 0.05) is 44.5 Å². The van der Waals surface area contributed by atoms with Gasteiger partial charge in [-0.1, -0.05) is 88.8 Å². The SMILES string of the molecule is CO[C@@H](Cc1ccccc1)[C@@H](C)/C=C(C)/C=C/[C@@H]1NC(=O)[C@H](CCCN=C(N)N)NC(=O)[C@@H](C)[C@H](C(=O)O)NC(=O)[C@H](CC(C)C)NC(=O)[C@@H](C)NC(=O)[C@H](CSC[C@H](N)C(=O)O)N(C)C(=O)CC[C@H](C(=O)O)NC(=O)[C@H]1C. The number of aliphatic carboxylic acids is 3. The number of rotatable bonds is 20. The maximum absolute atomic E-state index is 14.5. The Morgan fingerprint density at radius 1 is 0.821 bits per heavy atom. The van der Waals surface area contributed by atoms with Crippen LogP contribution in [0.3, 0.4) is 0 Å². The Morgan fingerprint density at radius 3 is 2.01 bits per heavy atom. The number of nitrogens with one attached hydrogen (secondary N) is 6. The molecule has 0 bridgehead atoms. The van der Waals surface area contributed by atoms with E-state index in [1.165, 1.54) is 33.9 Å². The molecule has 2 rings (SSSR count). The van der Waals surface area contributed by atoms with Crippen molar-refractivity contribution in [2.75, 3.05) is 32.2 Å². The first-order valence-corrected chi connectivity index (χ1v) is 26.8. The molecule has 25 nitrogen and oxygen atoms in total. The number of hydrogen-bond donors (Lipinski definition) is 12. The van der Waals surface area contributed by atoms with Crippen molar-refractivity contribution >= 4 is 77.0 Å². The summed E-state index contributed by atoms with van der Waals surface area (Å²) < 4.78 is 5.82. The molecule has 1 aromatic rings. The van der Waals surface area contributed by atoms with Crippen molar-refractivity contribution in [2.24, 2.45) is 45.9 Å². The fourth-order valence-corrected chi connectivity index (χ4v) is 9.24. The number of carboxylic acids is 3. The number of ether oxygens (including phenoxy) is 1. The molecule has 12 atom stereocenters.